The molecule has 192 valence electrons. The molecule has 3 N–H and O–H groups in total. The molecule has 1 aromatic heterocycles. The number of alkyl halides is 3. The summed E-state index contributed by atoms with van der Waals surface area (Å²) in [6.07, 6.45) is 1.69. The minimum atomic E-state index is -5.08. The molecular formula is C21H23BrF3N3O6S. The Morgan fingerprint density at radius 3 is 2.00 bits per heavy atom. The van der Waals surface area contributed by atoms with E-state index in [4.69, 9.17) is 9.90 Å². The Kier molecular flexibility index (Phi) is 9.89. The molecule has 35 heavy (non-hydrogen) atoms. The minimum Gasteiger partial charge on any atom is -0.478 e. The van der Waals surface area contributed by atoms with E-state index in [2.05, 4.69) is 25.6 Å². The summed E-state index contributed by atoms with van der Waals surface area (Å²) in [5.41, 5.74) is 0.118. The summed E-state index contributed by atoms with van der Waals surface area (Å²) >= 11 is 3.27. The van der Waals surface area contributed by atoms with Gasteiger partial charge < -0.3 is 15.1 Å². The third-order valence-electron chi connectivity index (χ3n) is 4.87. The second kappa shape index (κ2) is 12.2. The number of aromatic carboxylic acids is 1. The van der Waals surface area contributed by atoms with Crippen LogP contribution in [0.4, 0.5) is 24.7 Å². The number of hydrogen-bond donors (Lipinski definition) is 3. The molecule has 0 amide bonds. The first-order valence-corrected chi connectivity index (χ1v) is 12.7. The number of carboxylic acids is 2. The van der Waals surface area contributed by atoms with Crippen LogP contribution in [0.1, 0.15) is 42.5 Å². The number of anilines is 2. The van der Waals surface area contributed by atoms with Gasteiger partial charge in [0.1, 0.15) is 11.4 Å². The number of hydrogen-bond acceptors (Lipinski definition) is 6. The van der Waals surface area contributed by atoms with Gasteiger partial charge in [-0.2, -0.15) is 13.2 Å². The number of carbonyl (C=O) groups is 2. The zero-order valence-electron chi connectivity index (χ0n) is 18.3. The smallest absolute Gasteiger partial charge is 0.478 e. The van der Waals surface area contributed by atoms with Crippen molar-refractivity contribution in [3.63, 3.8) is 0 Å². The molecule has 9 nitrogen and oxygen atoms in total. The van der Waals surface area contributed by atoms with Gasteiger partial charge in [-0.25, -0.2) is 23.0 Å². The van der Waals surface area contributed by atoms with Gasteiger partial charge >= 0.3 is 18.1 Å². The van der Waals surface area contributed by atoms with E-state index in [0.29, 0.717) is 5.82 Å². The summed E-state index contributed by atoms with van der Waals surface area (Å²) in [6, 6.07) is 7.51. The van der Waals surface area contributed by atoms with Crippen molar-refractivity contribution in [3.05, 3.63) is 46.6 Å². The molecule has 2 heterocycles. The number of nitrogens with zero attached hydrogens (tertiary/aromatic N) is 2. The fraction of sp³-hybridized carbons (Fsp3) is 0.381. The zero-order chi connectivity index (χ0) is 26.2. The van der Waals surface area contributed by atoms with E-state index in [0.717, 1.165) is 43.2 Å². The fourth-order valence-corrected chi connectivity index (χ4v) is 4.51. The second-order valence-corrected chi connectivity index (χ2v) is 10.1. The predicted molar refractivity (Wildman–Crippen MR) is 125 cm³/mol. The van der Waals surface area contributed by atoms with Gasteiger partial charge in [0.2, 0.25) is 0 Å². The van der Waals surface area contributed by atoms with Crippen molar-refractivity contribution in [2.24, 2.45) is 0 Å². The van der Waals surface area contributed by atoms with E-state index >= 15 is 0 Å². The van der Waals surface area contributed by atoms with Gasteiger partial charge in [0, 0.05) is 17.6 Å². The van der Waals surface area contributed by atoms with E-state index in [9.17, 15) is 31.5 Å². The minimum absolute atomic E-state index is 0.00317. The molecule has 1 aromatic carbocycles. The maximum absolute atomic E-state index is 12.6. The Morgan fingerprint density at radius 1 is 1.00 bits per heavy atom. The van der Waals surface area contributed by atoms with Gasteiger partial charge in [0.15, 0.2) is 0 Å². The molecule has 1 fully saturated rings. The van der Waals surface area contributed by atoms with Crippen LogP contribution < -0.4 is 9.62 Å². The van der Waals surface area contributed by atoms with Crippen LogP contribution in [0.2, 0.25) is 0 Å². The summed E-state index contributed by atoms with van der Waals surface area (Å²) < 4.78 is 60.0. The number of carboxylic acid groups (broad SMARTS) is 2. The SMILES string of the molecule is O=C(O)C(F)(F)F.O=C(O)c1cc(NS(=O)(=O)c2ccc(Br)cc2)cnc1N1CCCCCCC1. The maximum atomic E-state index is 12.6. The van der Waals surface area contributed by atoms with Crippen molar-refractivity contribution in [2.75, 3.05) is 22.7 Å². The summed E-state index contributed by atoms with van der Waals surface area (Å²) in [6.45, 7) is 1.49. The van der Waals surface area contributed by atoms with Gasteiger partial charge in [-0.3, -0.25) is 4.72 Å². The third kappa shape index (κ3) is 8.69. The third-order valence-corrected chi connectivity index (χ3v) is 6.80. The van der Waals surface area contributed by atoms with Crippen LogP contribution in [0.3, 0.4) is 0 Å². The number of aliphatic carboxylic acids is 1. The summed E-state index contributed by atoms with van der Waals surface area (Å²) in [4.78, 5) is 27.1. The van der Waals surface area contributed by atoms with Gasteiger partial charge in [0.25, 0.3) is 10.0 Å². The predicted octanol–water partition coefficient (Wildman–Crippen LogP) is 4.75. The lowest BCUT2D eigenvalue weighted by Gasteiger charge is -2.27. The Hall–Kier alpha value is -2.87. The van der Waals surface area contributed by atoms with Gasteiger partial charge in [-0.05, 0) is 43.2 Å². The van der Waals surface area contributed by atoms with Crippen LogP contribution in [0, 0.1) is 0 Å². The van der Waals surface area contributed by atoms with Crippen LogP contribution >= 0.6 is 15.9 Å². The number of sulfonamides is 1. The molecule has 2 aromatic rings. The van der Waals surface area contributed by atoms with Crippen LogP contribution in [-0.4, -0.2) is 54.8 Å². The van der Waals surface area contributed by atoms with Crippen molar-refractivity contribution in [2.45, 2.75) is 43.2 Å². The number of benzene rings is 1. The monoisotopic (exact) mass is 581 g/mol. The zero-order valence-corrected chi connectivity index (χ0v) is 20.7. The van der Waals surface area contributed by atoms with E-state index in [-0.39, 0.29) is 16.1 Å². The first kappa shape index (κ1) is 28.4. The molecule has 1 aliphatic rings. The Bertz CT molecular complexity index is 1140. The van der Waals surface area contributed by atoms with Crippen LogP contribution in [-0.2, 0) is 14.8 Å². The van der Waals surface area contributed by atoms with Crippen molar-refractivity contribution in [1.29, 1.82) is 0 Å². The first-order valence-electron chi connectivity index (χ1n) is 10.4. The highest BCUT2D eigenvalue weighted by Crippen LogP contribution is 2.26. The van der Waals surface area contributed by atoms with Crippen molar-refractivity contribution in [3.8, 4) is 0 Å². The first-order chi connectivity index (χ1) is 16.3. The summed E-state index contributed by atoms with van der Waals surface area (Å²) in [5, 5.41) is 16.8. The molecule has 0 saturated carbocycles. The molecule has 3 rings (SSSR count). The van der Waals surface area contributed by atoms with Crippen LogP contribution in [0.25, 0.3) is 0 Å². The molecular weight excluding hydrogens is 559 g/mol. The van der Waals surface area contributed by atoms with E-state index < -0.39 is 28.1 Å². The van der Waals surface area contributed by atoms with E-state index in [1.807, 2.05) is 4.90 Å². The highest BCUT2D eigenvalue weighted by molar-refractivity contribution is 9.10. The lowest BCUT2D eigenvalue weighted by Crippen LogP contribution is -2.29. The summed E-state index contributed by atoms with van der Waals surface area (Å²) in [5.74, 6) is -3.50. The fourth-order valence-electron chi connectivity index (χ4n) is 3.21. The topological polar surface area (TPSA) is 137 Å². The number of nitrogens with one attached hydrogen (secondary N) is 1. The normalized spacial score (nSPS) is 14.7. The largest absolute Gasteiger partial charge is 0.490 e. The Morgan fingerprint density at radius 2 is 1.51 bits per heavy atom. The number of pyridine rings is 1. The average Bonchev–Trinajstić information content (AvgIpc) is 2.73. The van der Waals surface area contributed by atoms with Crippen LogP contribution in [0.15, 0.2) is 45.9 Å². The highest BCUT2D eigenvalue weighted by atomic mass is 79.9. The Balaban J connectivity index is 0.000000540. The quantitative estimate of drug-likeness (QED) is 0.460. The molecule has 0 unspecified atom stereocenters. The summed E-state index contributed by atoms with van der Waals surface area (Å²) in [7, 11) is -3.84. The highest BCUT2D eigenvalue weighted by Gasteiger charge is 2.38. The van der Waals surface area contributed by atoms with Gasteiger partial charge in [0.05, 0.1) is 16.8 Å². The van der Waals surface area contributed by atoms with Crippen molar-refractivity contribution in [1.82, 2.24) is 4.98 Å². The maximum Gasteiger partial charge on any atom is 0.490 e. The molecule has 1 aliphatic heterocycles. The van der Waals surface area contributed by atoms with Crippen LogP contribution in [0.5, 0.6) is 0 Å². The number of halogens is 4. The number of rotatable bonds is 5. The van der Waals surface area contributed by atoms with Crippen molar-refractivity contribution < 1.29 is 41.4 Å². The van der Waals surface area contributed by atoms with E-state index in [1.165, 1.54) is 30.8 Å². The van der Waals surface area contributed by atoms with Gasteiger partial charge in [-0.15, -0.1) is 0 Å². The average molecular weight is 582 g/mol. The molecule has 0 bridgehead atoms. The molecule has 1 saturated heterocycles. The van der Waals surface area contributed by atoms with Crippen molar-refractivity contribution >= 4 is 49.4 Å². The lowest BCUT2D eigenvalue weighted by molar-refractivity contribution is -0.192. The second-order valence-electron chi connectivity index (χ2n) is 7.52. The lowest BCUT2D eigenvalue weighted by atomic mass is 10.1. The number of aromatic nitrogens is 1. The molecule has 0 atom stereocenters. The Labute approximate surface area is 208 Å². The van der Waals surface area contributed by atoms with Gasteiger partial charge in [-0.1, -0.05) is 35.2 Å². The molecule has 0 radical (unpaired) electrons. The standard InChI is InChI=1S/C19H22BrN3O4S.C2HF3O2/c20-14-6-8-16(9-7-14)28(26,27)22-15-12-17(19(24)25)18(21-13-15)23-10-4-2-1-3-5-11-23;3-2(4,5)1(6)7/h6-9,12-13,22H,1-5,10-11H2,(H,24,25);(H,6,7). The molecule has 0 spiro atoms. The molecule has 0 aliphatic carbocycles. The van der Waals surface area contributed by atoms with E-state index in [1.54, 1.807) is 12.1 Å². The molecule has 14 heteroatoms.